The van der Waals surface area contributed by atoms with Crippen molar-refractivity contribution in [2.75, 3.05) is 25.1 Å². The van der Waals surface area contributed by atoms with Crippen molar-refractivity contribution < 1.29 is 4.74 Å². The van der Waals surface area contributed by atoms with Crippen LogP contribution >= 0.6 is 0 Å². The lowest BCUT2D eigenvalue weighted by Crippen LogP contribution is -2.21. The summed E-state index contributed by atoms with van der Waals surface area (Å²) < 4.78 is 5.13. The minimum absolute atomic E-state index is 0.0942. The Morgan fingerprint density at radius 2 is 2.33 bits per heavy atom. The molecule has 0 radical (unpaired) electrons. The Morgan fingerprint density at radius 1 is 1.53 bits per heavy atom. The van der Waals surface area contributed by atoms with E-state index in [-0.39, 0.29) is 5.92 Å². The number of rotatable bonds is 2. The topological polar surface area (TPSA) is 62.0 Å². The summed E-state index contributed by atoms with van der Waals surface area (Å²) in [6.45, 7) is 1.55. The molecule has 0 unspecified atom stereocenters. The highest BCUT2D eigenvalue weighted by molar-refractivity contribution is 5.48. The molecule has 0 bridgehead atoms. The Bertz CT molecular complexity index is 387. The Labute approximate surface area is 88.3 Å². The van der Waals surface area contributed by atoms with Crippen LogP contribution in [-0.2, 0) is 0 Å². The maximum atomic E-state index is 8.81. The van der Waals surface area contributed by atoms with E-state index in [1.807, 2.05) is 4.90 Å². The van der Waals surface area contributed by atoms with Gasteiger partial charge in [-0.05, 0) is 6.42 Å². The molecule has 1 aromatic rings. The van der Waals surface area contributed by atoms with Crippen LogP contribution in [0.25, 0.3) is 0 Å². The van der Waals surface area contributed by atoms with Crippen LogP contribution in [0, 0.1) is 17.2 Å². The first-order valence-corrected chi connectivity index (χ1v) is 4.84. The molecular formula is C10H12N4O. The molecule has 5 nitrogen and oxygen atoms in total. The van der Waals surface area contributed by atoms with Gasteiger partial charge in [-0.2, -0.15) is 5.26 Å². The predicted octanol–water partition coefficient (Wildman–Crippen LogP) is 0.835. The van der Waals surface area contributed by atoms with E-state index in [0.29, 0.717) is 12.4 Å². The normalized spacial score (nSPS) is 20.0. The highest BCUT2D eigenvalue weighted by atomic mass is 16.5. The Morgan fingerprint density at radius 3 is 3.00 bits per heavy atom. The third-order valence-electron chi connectivity index (χ3n) is 2.51. The van der Waals surface area contributed by atoms with Crippen molar-refractivity contribution in [2.24, 2.45) is 5.92 Å². The highest BCUT2D eigenvalue weighted by Crippen LogP contribution is 2.27. The number of nitriles is 1. The molecule has 0 saturated carbocycles. The van der Waals surface area contributed by atoms with Gasteiger partial charge in [-0.25, -0.2) is 9.97 Å². The maximum absolute atomic E-state index is 8.81. The summed E-state index contributed by atoms with van der Waals surface area (Å²) in [4.78, 5) is 10.4. The van der Waals surface area contributed by atoms with Gasteiger partial charge in [0, 0.05) is 25.5 Å². The number of hydrogen-bond donors (Lipinski definition) is 0. The quantitative estimate of drug-likeness (QED) is 0.714. The molecule has 1 atom stereocenters. The summed E-state index contributed by atoms with van der Waals surface area (Å²) in [5, 5.41) is 8.81. The second-order valence-electron chi connectivity index (χ2n) is 3.45. The molecule has 2 rings (SSSR count). The van der Waals surface area contributed by atoms with Gasteiger partial charge in [0.25, 0.3) is 5.88 Å². The summed E-state index contributed by atoms with van der Waals surface area (Å²) in [6, 6.07) is 2.27. The number of nitrogens with zero attached hydrogens (tertiary/aromatic N) is 4. The molecule has 1 fully saturated rings. The molecule has 0 N–H and O–H groups in total. The minimum atomic E-state index is 0.0942. The Hall–Kier alpha value is -1.83. The molecule has 15 heavy (non-hydrogen) atoms. The average molecular weight is 204 g/mol. The summed E-state index contributed by atoms with van der Waals surface area (Å²) in [5.74, 6) is 1.35. The monoisotopic (exact) mass is 204 g/mol. The molecular weight excluding hydrogens is 192 g/mol. The molecule has 1 saturated heterocycles. The van der Waals surface area contributed by atoms with Crippen LogP contribution in [0.1, 0.15) is 6.42 Å². The second-order valence-corrected chi connectivity index (χ2v) is 3.45. The van der Waals surface area contributed by atoms with Crippen molar-refractivity contribution in [2.45, 2.75) is 6.42 Å². The van der Waals surface area contributed by atoms with Crippen molar-refractivity contribution in [3.8, 4) is 11.9 Å². The van der Waals surface area contributed by atoms with E-state index in [4.69, 9.17) is 10.00 Å². The zero-order chi connectivity index (χ0) is 10.7. The summed E-state index contributed by atoms with van der Waals surface area (Å²) in [7, 11) is 1.57. The van der Waals surface area contributed by atoms with E-state index in [1.54, 1.807) is 19.5 Å². The fraction of sp³-hybridized carbons (Fsp3) is 0.500. The van der Waals surface area contributed by atoms with E-state index in [2.05, 4.69) is 16.0 Å². The molecule has 0 amide bonds. The van der Waals surface area contributed by atoms with E-state index < -0.39 is 0 Å². The van der Waals surface area contributed by atoms with Crippen molar-refractivity contribution in [1.29, 1.82) is 5.26 Å². The van der Waals surface area contributed by atoms with Crippen molar-refractivity contribution in [3.05, 3.63) is 12.4 Å². The lowest BCUT2D eigenvalue weighted by molar-refractivity contribution is 0.396. The lowest BCUT2D eigenvalue weighted by atomic mass is 10.1. The molecule has 78 valence electrons. The highest BCUT2D eigenvalue weighted by Gasteiger charge is 2.25. The largest absolute Gasteiger partial charge is 0.478 e. The van der Waals surface area contributed by atoms with Crippen LogP contribution in [-0.4, -0.2) is 30.2 Å². The first-order valence-electron chi connectivity index (χ1n) is 4.84. The zero-order valence-corrected chi connectivity index (χ0v) is 8.55. The molecule has 1 aliphatic heterocycles. The van der Waals surface area contributed by atoms with Crippen molar-refractivity contribution >= 4 is 5.82 Å². The SMILES string of the molecule is COc1nccnc1N1CC[C@@H](C#N)C1. The van der Waals surface area contributed by atoms with E-state index in [9.17, 15) is 0 Å². The van der Waals surface area contributed by atoms with Crippen LogP contribution in [0.3, 0.4) is 0 Å². The number of ether oxygens (including phenoxy) is 1. The van der Waals surface area contributed by atoms with Gasteiger partial charge in [-0.1, -0.05) is 0 Å². The van der Waals surface area contributed by atoms with E-state index >= 15 is 0 Å². The molecule has 2 heterocycles. The molecule has 5 heteroatoms. The van der Waals surface area contributed by atoms with E-state index in [0.717, 1.165) is 18.8 Å². The van der Waals surface area contributed by atoms with Crippen molar-refractivity contribution in [1.82, 2.24) is 9.97 Å². The van der Waals surface area contributed by atoms with Gasteiger partial charge in [-0.3, -0.25) is 0 Å². The first-order chi connectivity index (χ1) is 7.35. The summed E-state index contributed by atoms with van der Waals surface area (Å²) in [6.07, 6.45) is 4.12. The van der Waals surface area contributed by atoms with Crippen LogP contribution in [0.15, 0.2) is 12.4 Å². The second kappa shape index (κ2) is 4.13. The molecule has 0 aromatic carbocycles. The minimum Gasteiger partial charge on any atom is -0.478 e. The standard InChI is InChI=1S/C10H12N4O/c1-15-10-9(12-3-4-13-10)14-5-2-8(6-11)7-14/h3-4,8H,2,5,7H2,1H3/t8-/m0/s1. The van der Waals surface area contributed by atoms with Gasteiger partial charge in [0.05, 0.1) is 19.1 Å². The van der Waals surface area contributed by atoms with Gasteiger partial charge >= 0.3 is 0 Å². The fourth-order valence-electron chi connectivity index (χ4n) is 1.74. The van der Waals surface area contributed by atoms with Crippen LogP contribution in [0.5, 0.6) is 5.88 Å². The number of methoxy groups -OCH3 is 1. The molecule has 1 aliphatic rings. The van der Waals surface area contributed by atoms with E-state index in [1.165, 1.54) is 0 Å². The summed E-state index contributed by atoms with van der Waals surface area (Å²) in [5.41, 5.74) is 0. The predicted molar refractivity (Wildman–Crippen MR) is 54.5 cm³/mol. The van der Waals surface area contributed by atoms with Gasteiger partial charge in [-0.15, -0.1) is 0 Å². The van der Waals surface area contributed by atoms with Gasteiger partial charge in [0.1, 0.15) is 0 Å². The Balaban J connectivity index is 2.20. The maximum Gasteiger partial charge on any atom is 0.257 e. The van der Waals surface area contributed by atoms with Crippen molar-refractivity contribution in [3.63, 3.8) is 0 Å². The third kappa shape index (κ3) is 1.84. The molecule has 0 aliphatic carbocycles. The number of anilines is 1. The number of aromatic nitrogens is 2. The smallest absolute Gasteiger partial charge is 0.257 e. The van der Waals surface area contributed by atoms with Crippen LogP contribution in [0.2, 0.25) is 0 Å². The lowest BCUT2D eigenvalue weighted by Gasteiger charge is -2.17. The summed E-state index contributed by atoms with van der Waals surface area (Å²) >= 11 is 0. The van der Waals surface area contributed by atoms with Crippen LogP contribution < -0.4 is 9.64 Å². The van der Waals surface area contributed by atoms with Crippen LogP contribution in [0.4, 0.5) is 5.82 Å². The number of hydrogen-bond acceptors (Lipinski definition) is 5. The van der Waals surface area contributed by atoms with Gasteiger partial charge in [0.2, 0.25) is 0 Å². The zero-order valence-electron chi connectivity index (χ0n) is 8.55. The average Bonchev–Trinajstić information content (AvgIpc) is 2.77. The van der Waals surface area contributed by atoms with Gasteiger partial charge in [0.15, 0.2) is 5.82 Å². The van der Waals surface area contributed by atoms with Gasteiger partial charge < -0.3 is 9.64 Å². The first kappa shape index (κ1) is 9.71. The fourth-order valence-corrected chi connectivity index (χ4v) is 1.74. The molecule has 0 spiro atoms. The third-order valence-corrected chi connectivity index (χ3v) is 2.51. The molecule has 1 aromatic heterocycles. The Kier molecular flexibility index (Phi) is 2.68.